The summed E-state index contributed by atoms with van der Waals surface area (Å²) in [5.41, 5.74) is 3.56. The van der Waals surface area contributed by atoms with E-state index in [1.807, 2.05) is 32.9 Å². The number of carbonyl (C=O) groups excluding carboxylic acids is 1. The van der Waals surface area contributed by atoms with E-state index in [-0.39, 0.29) is 29.2 Å². The van der Waals surface area contributed by atoms with E-state index in [1.165, 1.54) is 0 Å². The molecule has 0 aliphatic heterocycles. The first-order valence-corrected chi connectivity index (χ1v) is 10.9. The predicted octanol–water partition coefficient (Wildman–Crippen LogP) is 3.99. The zero-order valence-electron chi connectivity index (χ0n) is 16.0. The van der Waals surface area contributed by atoms with Crippen molar-refractivity contribution in [2.24, 2.45) is 0 Å². The van der Waals surface area contributed by atoms with Gasteiger partial charge in [0, 0.05) is 0 Å². The number of benzene rings is 2. The minimum Gasteiger partial charge on any atom is -0.348 e. The Morgan fingerprint density at radius 3 is 2.41 bits per heavy atom. The van der Waals surface area contributed by atoms with Crippen LogP contribution in [-0.4, -0.2) is 27.1 Å². The number of hydrogen-bond acceptors (Lipinski definition) is 3. The maximum atomic E-state index is 12.6. The average molecular weight is 409 g/mol. The molecule has 146 valence electrons. The molecule has 7 heteroatoms. The van der Waals surface area contributed by atoms with Crippen molar-refractivity contribution in [2.75, 3.05) is 17.1 Å². The molecule has 1 amide bonds. The predicted molar refractivity (Wildman–Crippen MR) is 111 cm³/mol. The van der Waals surface area contributed by atoms with E-state index in [0.717, 1.165) is 27.3 Å². The summed E-state index contributed by atoms with van der Waals surface area (Å²) in [7, 11) is -3.67. The molecule has 2 aromatic rings. The third kappa shape index (κ3) is 5.47. The zero-order valence-corrected chi connectivity index (χ0v) is 17.6. The molecule has 0 heterocycles. The van der Waals surface area contributed by atoms with Gasteiger partial charge in [-0.25, -0.2) is 8.42 Å². The molecule has 0 aliphatic carbocycles. The van der Waals surface area contributed by atoms with Gasteiger partial charge in [-0.2, -0.15) is 0 Å². The zero-order chi connectivity index (χ0) is 20.2. The molecule has 1 atom stereocenters. The molecule has 0 aromatic heterocycles. The number of halogens is 1. The Labute approximate surface area is 166 Å². The second kappa shape index (κ2) is 8.76. The summed E-state index contributed by atoms with van der Waals surface area (Å²) in [5.74, 6) is -0.382. The fourth-order valence-electron chi connectivity index (χ4n) is 3.02. The lowest BCUT2D eigenvalue weighted by Crippen LogP contribution is -2.41. The smallest absolute Gasteiger partial charge is 0.241 e. The van der Waals surface area contributed by atoms with Crippen LogP contribution in [0.2, 0.25) is 5.02 Å². The number of carbonyl (C=O) groups is 1. The monoisotopic (exact) mass is 408 g/mol. The number of nitrogens with one attached hydrogen (secondary N) is 1. The number of anilines is 1. The highest BCUT2D eigenvalue weighted by Crippen LogP contribution is 2.27. The number of aryl methyl sites for hydroxylation is 2. The highest BCUT2D eigenvalue weighted by Gasteiger charge is 2.24. The molecule has 0 bridgehead atoms. The molecule has 0 radical (unpaired) electrons. The summed E-state index contributed by atoms with van der Waals surface area (Å²) in [5, 5.41) is 3.22. The van der Waals surface area contributed by atoms with Crippen molar-refractivity contribution in [1.82, 2.24) is 5.32 Å². The molecular formula is C20H25ClN2O3S. The quantitative estimate of drug-likeness (QED) is 0.753. The normalized spacial score (nSPS) is 12.5. The van der Waals surface area contributed by atoms with Crippen molar-refractivity contribution in [3.05, 3.63) is 64.2 Å². The number of para-hydroxylation sites is 1. The fourth-order valence-corrected chi connectivity index (χ4v) is 4.18. The van der Waals surface area contributed by atoms with Gasteiger partial charge in [0.25, 0.3) is 0 Å². The number of hydrogen-bond donors (Lipinski definition) is 1. The van der Waals surface area contributed by atoms with Crippen molar-refractivity contribution in [2.45, 2.75) is 33.2 Å². The van der Waals surface area contributed by atoms with Crippen LogP contribution >= 0.6 is 11.6 Å². The summed E-state index contributed by atoms with van der Waals surface area (Å²) in [4.78, 5) is 12.6. The maximum Gasteiger partial charge on any atom is 0.241 e. The van der Waals surface area contributed by atoms with Crippen LogP contribution in [0.4, 0.5) is 5.69 Å². The van der Waals surface area contributed by atoms with E-state index in [9.17, 15) is 13.2 Å². The molecule has 5 nitrogen and oxygen atoms in total. The van der Waals surface area contributed by atoms with Gasteiger partial charge >= 0.3 is 0 Å². The van der Waals surface area contributed by atoms with Crippen molar-refractivity contribution < 1.29 is 13.2 Å². The topological polar surface area (TPSA) is 66.5 Å². The number of amides is 1. The van der Waals surface area contributed by atoms with Crippen molar-refractivity contribution in [1.29, 1.82) is 0 Å². The first-order chi connectivity index (χ1) is 12.6. The maximum absolute atomic E-state index is 12.6. The number of sulfonamides is 1. The molecular weight excluding hydrogens is 384 g/mol. The molecule has 2 aromatic carbocycles. The Bertz CT molecular complexity index is 929. The summed E-state index contributed by atoms with van der Waals surface area (Å²) >= 11 is 6.14. The van der Waals surface area contributed by atoms with Crippen molar-refractivity contribution >= 4 is 33.2 Å². The highest BCUT2D eigenvalue weighted by atomic mass is 35.5. The Hall–Kier alpha value is -2.05. The van der Waals surface area contributed by atoms with Gasteiger partial charge in [0.15, 0.2) is 0 Å². The van der Waals surface area contributed by atoms with E-state index in [1.54, 1.807) is 24.3 Å². The molecule has 1 N–H and O–H groups in total. The molecule has 0 spiro atoms. The Kier molecular flexibility index (Phi) is 6.89. The van der Waals surface area contributed by atoms with Gasteiger partial charge in [-0.1, -0.05) is 54.4 Å². The van der Waals surface area contributed by atoms with Gasteiger partial charge in [0.1, 0.15) is 6.54 Å². The number of rotatable bonds is 7. The first-order valence-electron chi connectivity index (χ1n) is 8.72. The van der Waals surface area contributed by atoms with Crippen LogP contribution in [0.1, 0.15) is 36.1 Å². The van der Waals surface area contributed by atoms with Crippen molar-refractivity contribution in [3.63, 3.8) is 0 Å². The van der Waals surface area contributed by atoms with E-state index >= 15 is 0 Å². The molecule has 2 rings (SSSR count). The first kappa shape index (κ1) is 21.3. The lowest BCUT2D eigenvalue weighted by molar-refractivity contribution is -0.120. The molecule has 0 aliphatic rings. The van der Waals surface area contributed by atoms with Crippen LogP contribution in [-0.2, 0) is 14.8 Å². The minimum atomic E-state index is -3.67. The van der Waals surface area contributed by atoms with Crippen LogP contribution in [0.15, 0.2) is 42.5 Å². The van der Waals surface area contributed by atoms with E-state index in [0.29, 0.717) is 6.42 Å². The van der Waals surface area contributed by atoms with E-state index in [2.05, 4.69) is 11.4 Å². The van der Waals surface area contributed by atoms with Gasteiger partial charge in [0.05, 0.1) is 23.0 Å². The van der Waals surface area contributed by atoms with Crippen LogP contribution < -0.4 is 9.62 Å². The van der Waals surface area contributed by atoms with Gasteiger partial charge in [0.2, 0.25) is 15.9 Å². The fraction of sp³-hybridized carbons (Fsp3) is 0.350. The average Bonchev–Trinajstić information content (AvgIpc) is 2.58. The van der Waals surface area contributed by atoms with E-state index in [4.69, 9.17) is 11.6 Å². The lowest BCUT2D eigenvalue weighted by atomic mass is 9.97. The van der Waals surface area contributed by atoms with Crippen LogP contribution in [0.25, 0.3) is 0 Å². The van der Waals surface area contributed by atoms with Gasteiger partial charge in [-0.3, -0.25) is 9.10 Å². The lowest BCUT2D eigenvalue weighted by Gasteiger charge is -2.25. The molecule has 0 unspecified atom stereocenters. The largest absolute Gasteiger partial charge is 0.348 e. The summed E-state index contributed by atoms with van der Waals surface area (Å²) in [6.45, 7) is 5.67. The highest BCUT2D eigenvalue weighted by molar-refractivity contribution is 7.92. The Morgan fingerprint density at radius 1 is 1.19 bits per heavy atom. The third-order valence-corrected chi connectivity index (χ3v) is 5.80. The molecule has 0 saturated carbocycles. The summed E-state index contributed by atoms with van der Waals surface area (Å²) < 4.78 is 25.5. The van der Waals surface area contributed by atoms with Gasteiger partial charge in [-0.15, -0.1) is 0 Å². The third-order valence-electron chi connectivity index (χ3n) is 4.35. The van der Waals surface area contributed by atoms with Crippen molar-refractivity contribution in [3.8, 4) is 0 Å². The standard InChI is InChI=1S/C20H25ClN2O3S/c1-5-18(16-11-10-14(2)12-15(16)3)22-20(24)13-23(27(4,25)26)19-9-7-6-8-17(19)21/h6-12,18H,5,13H2,1-4H3,(H,22,24)/t18-/m0/s1. The SMILES string of the molecule is CC[C@H](NC(=O)CN(c1ccccc1Cl)S(C)(=O)=O)c1ccc(C)cc1C. The van der Waals surface area contributed by atoms with Crippen LogP contribution in [0, 0.1) is 13.8 Å². The number of nitrogens with zero attached hydrogens (tertiary/aromatic N) is 1. The molecule has 27 heavy (non-hydrogen) atoms. The summed E-state index contributed by atoms with van der Waals surface area (Å²) in [6.07, 6.45) is 1.76. The summed E-state index contributed by atoms with van der Waals surface area (Å²) in [6, 6.07) is 12.4. The van der Waals surface area contributed by atoms with Gasteiger partial charge in [-0.05, 0) is 43.5 Å². The van der Waals surface area contributed by atoms with E-state index < -0.39 is 10.0 Å². The Morgan fingerprint density at radius 2 is 1.85 bits per heavy atom. The molecule has 0 fully saturated rings. The Balaban J connectivity index is 2.23. The van der Waals surface area contributed by atoms with Crippen LogP contribution in [0.3, 0.4) is 0 Å². The van der Waals surface area contributed by atoms with Gasteiger partial charge < -0.3 is 5.32 Å². The van der Waals surface area contributed by atoms with Crippen LogP contribution in [0.5, 0.6) is 0 Å². The minimum absolute atomic E-state index is 0.189. The second-order valence-corrected chi connectivity index (χ2v) is 8.92. The second-order valence-electron chi connectivity index (χ2n) is 6.61. The molecule has 0 saturated heterocycles.